The Kier molecular flexibility index (Phi) is 5.85. The molecule has 2 aromatic heterocycles. The lowest BCUT2D eigenvalue weighted by Gasteiger charge is -2.24. The van der Waals surface area contributed by atoms with Crippen molar-refractivity contribution in [2.75, 3.05) is 14.2 Å². The molecule has 32 heavy (non-hydrogen) atoms. The van der Waals surface area contributed by atoms with Gasteiger partial charge in [0.25, 0.3) is 11.7 Å². The second-order valence-electron chi connectivity index (χ2n) is 7.10. The summed E-state index contributed by atoms with van der Waals surface area (Å²) in [6.45, 7) is 0.105. The quantitative estimate of drug-likeness (QED) is 0.363. The van der Waals surface area contributed by atoms with Crippen molar-refractivity contribution >= 4 is 17.4 Å². The summed E-state index contributed by atoms with van der Waals surface area (Å²) >= 11 is 0. The van der Waals surface area contributed by atoms with Crippen molar-refractivity contribution in [1.29, 1.82) is 0 Å². The zero-order valence-electron chi connectivity index (χ0n) is 17.6. The Morgan fingerprint density at radius 3 is 2.50 bits per heavy atom. The number of aliphatic hydroxyl groups excluding tert-OH is 1. The number of carbonyl (C=O) groups excluding carboxylic acids is 2. The first-order valence-electron chi connectivity index (χ1n) is 9.85. The Balaban J connectivity index is 1.85. The number of Topliss-reactive ketones (excluding diaryl/α,β-unsaturated/α-hetero) is 1. The number of methoxy groups -OCH3 is 2. The van der Waals surface area contributed by atoms with E-state index in [0.29, 0.717) is 28.3 Å². The maximum Gasteiger partial charge on any atom is 0.296 e. The minimum atomic E-state index is -0.821. The first-order valence-corrected chi connectivity index (χ1v) is 9.85. The highest BCUT2D eigenvalue weighted by Gasteiger charge is 2.46. The van der Waals surface area contributed by atoms with Crippen LogP contribution < -0.4 is 9.47 Å². The van der Waals surface area contributed by atoms with Crippen LogP contribution in [0.1, 0.15) is 22.9 Å². The van der Waals surface area contributed by atoms with Crippen molar-refractivity contribution in [1.82, 2.24) is 14.9 Å². The van der Waals surface area contributed by atoms with Crippen LogP contribution >= 0.6 is 0 Å². The molecule has 0 bridgehead atoms. The standard InChI is InChI=1S/C24H21N3O5/c1-31-18-9-8-15(12-19(18)32-2)22(28)20-21(16-6-5-10-25-13-16)27(24(30)23(20)29)14-17-7-3-4-11-26-17/h3-13,21,28H,14H2,1-2H3/b22-20-. The van der Waals surface area contributed by atoms with Gasteiger partial charge in [-0.1, -0.05) is 12.1 Å². The van der Waals surface area contributed by atoms with Crippen molar-refractivity contribution in [2.45, 2.75) is 12.6 Å². The number of ketones is 1. The lowest BCUT2D eigenvalue weighted by molar-refractivity contribution is -0.140. The second kappa shape index (κ2) is 8.89. The average molecular weight is 431 g/mol. The highest BCUT2D eigenvalue weighted by atomic mass is 16.5. The number of hydrogen-bond acceptors (Lipinski definition) is 7. The van der Waals surface area contributed by atoms with Gasteiger partial charge in [-0.2, -0.15) is 0 Å². The van der Waals surface area contributed by atoms with E-state index in [9.17, 15) is 14.7 Å². The van der Waals surface area contributed by atoms with Gasteiger partial charge in [-0.15, -0.1) is 0 Å². The van der Waals surface area contributed by atoms with E-state index in [1.54, 1.807) is 61.1 Å². The predicted molar refractivity (Wildman–Crippen MR) is 116 cm³/mol. The number of likely N-dealkylation sites (tertiary alicyclic amines) is 1. The van der Waals surface area contributed by atoms with Gasteiger partial charge in [0.2, 0.25) is 0 Å². The van der Waals surface area contributed by atoms with Gasteiger partial charge in [0.1, 0.15) is 5.76 Å². The molecule has 1 unspecified atom stereocenters. The van der Waals surface area contributed by atoms with Crippen molar-refractivity contribution in [2.24, 2.45) is 0 Å². The highest BCUT2D eigenvalue weighted by molar-refractivity contribution is 6.46. The van der Waals surface area contributed by atoms with Crippen LogP contribution in [0.5, 0.6) is 11.5 Å². The fourth-order valence-corrected chi connectivity index (χ4v) is 3.73. The van der Waals surface area contributed by atoms with E-state index < -0.39 is 17.7 Å². The Morgan fingerprint density at radius 1 is 1.03 bits per heavy atom. The number of aromatic nitrogens is 2. The van der Waals surface area contributed by atoms with Gasteiger partial charge in [0.05, 0.1) is 38.1 Å². The zero-order valence-corrected chi connectivity index (χ0v) is 17.6. The van der Waals surface area contributed by atoms with E-state index in [4.69, 9.17) is 9.47 Å². The highest BCUT2D eigenvalue weighted by Crippen LogP contribution is 2.41. The number of carbonyl (C=O) groups is 2. The Hall–Kier alpha value is -4.20. The maximum atomic E-state index is 13.1. The number of amides is 1. The first kappa shape index (κ1) is 21.0. The molecule has 0 saturated carbocycles. The molecule has 1 amide bonds. The number of benzene rings is 1. The number of aliphatic hydroxyl groups is 1. The van der Waals surface area contributed by atoms with Crippen LogP contribution in [0.4, 0.5) is 0 Å². The normalized spacial score (nSPS) is 17.4. The molecule has 0 radical (unpaired) electrons. The van der Waals surface area contributed by atoms with E-state index in [0.717, 1.165) is 0 Å². The van der Waals surface area contributed by atoms with Crippen LogP contribution in [0.15, 0.2) is 72.7 Å². The molecule has 1 N–H and O–H groups in total. The number of ether oxygens (including phenoxy) is 2. The van der Waals surface area contributed by atoms with E-state index >= 15 is 0 Å². The summed E-state index contributed by atoms with van der Waals surface area (Å²) in [5.74, 6) is -0.934. The summed E-state index contributed by atoms with van der Waals surface area (Å²) in [6.07, 6.45) is 4.79. The van der Waals surface area contributed by atoms with Crippen molar-refractivity contribution in [3.8, 4) is 11.5 Å². The third-order valence-corrected chi connectivity index (χ3v) is 5.26. The number of hydrogen-bond donors (Lipinski definition) is 1. The Bertz CT molecular complexity index is 1180. The Labute approximate surface area is 184 Å². The number of rotatable bonds is 6. The predicted octanol–water partition coefficient (Wildman–Crippen LogP) is 3.12. The molecule has 4 rings (SSSR count). The minimum Gasteiger partial charge on any atom is -0.507 e. The summed E-state index contributed by atoms with van der Waals surface area (Å²) in [5, 5.41) is 11.2. The molecular formula is C24H21N3O5. The third-order valence-electron chi connectivity index (χ3n) is 5.26. The van der Waals surface area contributed by atoms with Crippen molar-refractivity contribution in [3.05, 3.63) is 89.5 Å². The van der Waals surface area contributed by atoms with E-state index in [1.807, 2.05) is 6.07 Å². The van der Waals surface area contributed by atoms with E-state index in [-0.39, 0.29) is 17.9 Å². The van der Waals surface area contributed by atoms with Crippen LogP contribution in [0.3, 0.4) is 0 Å². The van der Waals surface area contributed by atoms with Crippen LogP contribution in [0, 0.1) is 0 Å². The van der Waals surface area contributed by atoms with Gasteiger partial charge in [-0.3, -0.25) is 19.6 Å². The molecular weight excluding hydrogens is 410 g/mol. The molecule has 1 saturated heterocycles. The monoisotopic (exact) mass is 431 g/mol. The second-order valence-corrected chi connectivity index (χ2v) is 7.10. The summed E-state index contributed by atoms with van der Waals surface area (Å²) in [6, 6.07) is 12.8. The molecule has 1 aliphatic rings. The van der Waals surface area contributed by atoms with E-state index in [2.05, 4.69) is 9.97 Å². The fraction of sp³-hybridized carbons (Fsp3) is 0.167. The average Bonchev–Trinajstić information content (AvgIpc) is 3.09. The van der Waals surface area contributed by atoms with Crippen LogP contribution in [0.2, 0.25) is 0 Å². The summed E-state index contributed by atoms with van der Waals surface area (Å²) in [7, 11) is 2.98. The lowest BCUT2D eigenvalue weighted by atomic mass is 9.96. The zero-order chi connectivity index (χ0) is 22.7. The largest absolute Gasteiger partial charge is 0.507 e. The molecule has 8 nitrogen and oxygen atoms in total. The molecule has 1 aliphatic heterocycles. The summed E-state index contributed by atoms with van der Waals surface area (Å²) < 4.78 is 10.6. The minimum absolute atomic E-state index is 0.0221. The number of pyridine rings is 2. The van der Waals surface area contributed by atoms with E-state index in [1.165, 1.54) is 19.1 Å². The van der Waals surface area contributed by atoms with Gasteiger partial charge in [-0.05, 0) is 42.0 Å². The molecule has 3 heterocycles. The molecule has 1 aromatic carbocycles. The van der Waals surface area contributed by atoms with Crippen molar-refractivity contribution < 1.29 is 24.2 Å². The topological polar surface area (TPSA) is 102 Å². The van der Waals surface area contributed by atoms with Gasteiger partial charge < -0.3 is 19.5 Å². The van der Waals surface area contributed by atoms with Crippen LogP contribution in [-0.4, -0.2) is 45.9 Å². The molecule has 1 atom stereocenters. The summed E-state index contributed by atoms with van der Waals surface area (Å²) in [4.78, 5) is 35.9. The first-order chi connectivity index (χ1) is 15.5. The number of nitrogens with zero attached hydrogens (tertiary/aromatic N) is 3. The maximum absolute atomic E-state index is 13.1. The van der Waals surface area contributed by atoms with Crippen molar-refractivity contribution in [3.63, 3.8) is 0 Å². The fourth-order valence-electron chi connectivity index (χ4n) is 3.73. The summed E-state index contributed by atoms with van der Waals surface area (Å²) in [5.41, 5.74) is 1.53. The van der Waals surface area contributed by atoms with Gasteiger partial charge in [0.15, 0.2) is 11.5 Å². The van der Waals surface area contributed by atoms with Gasteiger partial charge in [-0.25, -0.2) is 0 Å². The SMILES string of the molecule is COc1ccc(/C(O)=C2/C(=O)C(=O)N(Cc3ccccn3)C2c2cccnc2)cc1OC. The van der Waals surface area contributed by atoms with Gasteiger partial charge >= 0.3 is 0 Å². The lowest BCUT2D eigenvalue weighted by Crippen LogP contribution is -2.29. The Morgan fingerprint density at radius 2 is 1.84 bits per heavy atom. The molecule has 0 spiro atoms. The van der Waals surface area contributed by atoms with Gasteiger partial charge in [0, 0.05) is 24.2 Å². The molecule has 3 aromatic rings. The molecule has 0 aliphatic carbocycles. The van der Waals surface area contributed by atoms with Crippen LogP contribution in [0.25, 0.3) is 5.76 Å². The smallest absolute Gasteiger partial charge is 0.296 e. The third kappa shape index (κ3) is 3.78. The molecule has 1 fully saturated rings. The molecule has 8 heteroatoms. The molecule has 162 valence electrons. The van der Waals surface area contributed by atoms with Crippen LogP contribution in [-0.2, 0) is 16.1 Å².